The van der Waals surface area contributed by atoms with Crippen molar-refractivity contribution < 1.29 is 0 Å². The summed E-state index contributed by atoms with van der Waals surface area (Å²) in [5, 5.41) is 2.49. The van der Waals surface area contributed by atoms with Crippen LogP contribution in [0.5, 0.6) is 0 Å². The van der Waals surface area contributed by atoms with E-state index >= 15 is 0 Å². The van der Waals surface area contributed by atoms with E-state index in [0.717, 1.165) is 26.7 Å². The Kier molecular flexibility index (Phi) is 1.58. The molecule has 4 N–H and O–H groups in total. The number of thiazole rings is 1. The fraction of sp³-hybridized carbons (Fsp3) is 0. The van der Waals surface area contributed by atoms with Crippen molar-refractivity contribution in [3.63, 3.8) is 0 Å². The predicted molar refractivity (Wildman–Crippen MR) is 63.7 cm³/mol. The number of nitrogens with two attached hydrogens (primary N) is 2. The summed E-state index contributed by atoms with van der Waals surface area (Å²) < 4.78 is 1.01. The second-order valence-electron chi connectivity index (χ2n) is 3.29. The van der Waals surface area contributed by atoms with Gasteiger partial charge in [0, 0.05) is 28.9 Å². The number of rotatable bonds is 0. The lowest BCUT2D eigenvalue weighted by molar-refractivity contribution is 1.36. The smallest absolute Gasteiger partial charge is 0.181 e. The van der Waals surface area contributed by atoms with Gasteiger partial charge in [-0.05, 0) is 12.1 Å². The SMILES string of the molecule is Nc1nc2c(cc(N)c3ccncc32)s1. The molecular formula is C10H8N4S. The van der Waals surface area contributed by atoms with Crippen LogP contribution >= 0.6 is 11.3 Å². The van der Waals surface area contributed by atoms with Crippen LogP contribution in [0.25, 0.3) is 21.0 Å². The number of nitrogens with zero attached hydrogens (tertiary/aromatic N) is 2. The minimum atomic E-state index is 0.556. The molecule has 0 spiro atoms. The molecule has 0 saturated heterocycles. The molecule has 0 bridgehead atoms. The third kappa shape index (κ3) is 1.13. The molecule has 0 saturated carbocycles. The van der Waals surface area contributed by atoms with Crippen molar-refractivity contribution in [3.8, 4) is 0 Å². The van der Waals surface area contributed by atoms with E-state index < -0.39 is 0 Å². The van der Waals surface area contributed by atoms with Crippen LogP contribution in [0.2, 0.25) is 0 Å². The van der Waals surface area contributed by atoms with Gasteiger partial charge in [-0.2, -0.15) is 0 Å². The van der Waals surface area contributed by atoms with Crippen molar-refractivity contribution >= 4 is 43.1 Å². The Bertz CT molecular complexity index is 659. The van der Waals surface area contributed by atoms with Crippen LogP contribution < -0.4 is 11.5 Å². The third-order valence-electron chi connectivity index (χ3n) is 2.34. The van der Waals surface area contributed by atoms with E-state index in [0.29, 0.717) is 5.13 Å². The van der Waals surface area contributed by atoms with Gasteiger partial charge in [0.05, 0.1) is 10.2 Å². The maximum absolute atomic E-state index is 5.94. The summed E-state index contributed by atoms with van der Waals surface area (Å²) in [4.78, 5) is 8.36. The second-order valence-corrected chi connectivity index (χ2v) is 4.35. The van der Waals surface area contributed by atoms with Gasteiger partial charge in [0.25, 0.3) is 0 Å². The molecule has 0 aliphatic carbocycles. The number of pyridine rings is 1. The first-order valence-corrected chi connectivity index (χ1v) is 5.25. The summed E-state index contributed by atoms with van der Waals surface area (Å²) in [6.07, 6.45) is 3.49. The lowest BCUT2D eigenvalue weighted by Gasteiger charge is -2.01. The van der Waals surface area contributed by atoms with E-state index in [2.05, 4.69) is 9.97 Å². The highest BCUT2D eigenvalue weighted by Crippen LogP contribution is 2.33. The molecule has 0 unspecified atom stereocenters. The van der Waals surface area contributed by atoms with Crippen LogP contribution in [0.1, 0.15) is 0 Å². The standard InChI is InChI=1S/C10H8N4S/c11-7-3-8-9(14-10(12)15-8)6-4-13-2-1-5(6)7/h1-4H,11H2,(H2,12,14). The molecule has 1 aromatic carbocycles. The zero-order chi connectivity index (χ0) is 10.4. The summed E-state index contributed by atoms with van der Waals surface area (Å²) >= 11 is 1.44. The molecule has 0 radical (unpaired) electrons. The van der Waals surface area contributed by atoms with Gasteiger partial charge >= 0.3 is 0 Å². The molecule has 5 heteroatoms. The van der Waals surface area contributed by atoms with E-state index in [1.54, 1.807) is 12.4 Å². The van der Waals surface area contributed by atoms with Crippen molar-refractivity contribution in [2.45, 2.75) is 0 Å². The average Bonchev–Trinajstić information content (AvgIpc) is 2.59. The summed E-state index contributed by atoms with van der Waals surface area (Å²) in [6, 6.07) is 3.80. The first kappa shape index (κ1) is 8.43. The molecular weight excluding hydrogens is 208 g/mol. The van der Waals surface area contributed by atoms with Gasteiger partial charge in [-0.15, -0.1) is 0 Å². The molecule has 3 rings (SSSR count). The van der Waals surface area contributed by atoms with Gasteiger partial charge in [-0.3, -0.25) is 4.98 Å². The molecule has 0 aliphatic heterocycles. The minimum Gasteiger partial charge on any atom is -0.398 e. The average molecular weight is 216 g/mol. The lowest BCUT2D eigenvalue weighted by Crippen LogP contribution is -1.88. The lowest BCUT2D eigenvalue weighted by atomic mass is 10.1. The van der Waals surface area contributed by atoms with Gasteiger partial charge in [0.1, 0.15) is 0 Å². The normalized spacial score (nSPS) is 11.2. The highest BCUT2D eigenvalue weighted by atomic mass is 32.1. The number of nitrogen functional groups attached to an aromatic ring is 2. The van der Waals surface area contributed by atoms with Crippen LogP contribution in [0.15, 0.2) is 24.5 Å². The molecule has 0 aliphatic rings. The highest BCUT2D eigenvalue weighted by Gasteiger charge is 2.08. The zero-order valence-corrected chi connectivity index (χ0v) is 8.58. The van der Waals surface area contributed by atoms with Gasteiger partial charge in [0.15, 0.2) is 5.13 Å². The van der Waals surface area contributed by atoms with Crippen molar-refractivity contribution in [2.75, 3.05) is 11.5 Å². The van der Waals surface area contributed by atoms with Crippen molar-refractivity contribution in [2.24, 2.45) is 0 Å². The zero-order valence-electron chi connectivity index (χ0n) is 7.77. The summed E-state index contributed by atoms with van der Waals surface area (Å²) in [7, 11) is 0. The Labute approximate surface area is 89.6 Å². The van der Waals surface area contributed by atoms with Crippen LogP contribution in [-0.4, -0.2) is 9.97 Å². The maximum Gasteiger partial charge on any atom is 0.181 e. The van der Waals surface area contributed by atoms with E-state index in [9.17, 15) is 0 Å². The Morgan fingerprint density at radius 2 is 2.07 bits per heavy atom. The topological polar surface area (TPSA) is 77.8 Å². The third-order valence-corrected chi connectivity index (χ3v) is 3.18. The Morgan fingerprint density at radius 1 is 1.20 bits per heavy atom. The highest BCUT2D eigenvalue weighted by molar-refractivity contribution is 7.22. The second kappa shape index (κ2) is 2.80. The monoisotopic (exact) mass is 216 g/mol. The van der Waals surface area contributed by atoms with Crippen molar-refractivity contribution in [3.05, 3.63) is 24.5 Å². The molecule has 15 heavy (non-hydrogen) atoms. The van der Waals surface area contributed by atoms with Crippen LogP contribution in [0.4, 0.5) is 10.8 Å². The molecule has 0 fully saturated rings. The first-order chi connectivity index (χ1) is 7.25. The van der Waals surface area contributed by atoms with E-state index in [1.807, 2.05) is 12.1 Å². The quantitative estimate of drug-likeness (QED) is 0.563. The molecule has 0 atom stereocenters. The number of aromatic nitrogens is 2. The van der Waals surface area contributed by atoms with E-state index in [1.165, 1.54) is 11.3 Å². The predicted octanol–water partition coefficient (Wildman–Crippen LogP) is 2.01. The van der Waals surface area contributed by atoms with Crippen molar-refractivity contribution in [1.29, 1.82) is 0 Å². The maximum atomic E-state index is 5.94. The van der Waals surface area contributed by atoms with E-state index in [4.69, 9.17) is 11.5 Å². The molecule has 2 heterocycles. The van der Waals surface area contributed by atoms with Crippen LogP contribution in [-0.2, 0) is 0 Å². The van der Waals surface area contributed by atoms with Crippen molar-refractivity contribution in [1.82, 2.24) is 9.97 Å². The summed E-state index contributed by atoms with van der Waals surface area (Å²) in [5.74, 6) is 0. The fourth-order valence-electron chi connectivity index (χ4n) is 1.69. The Balaban J connectivity index is 2.62. The minimum absolute atomic E-state index is 0.556. The molecule has 3 aromatic rings. The number of anilines is 2. The van der Waals surface area contributed by atoms with Gasteiger partial charge in [-0.1, -0.05) is 11.3 Å². The first-order valence-electron chi connectivity index (χ1n) is 4.44. The number of benzene rings is 1. The van der Waals surface area contributed by atoms with Gasteiger partial charge in [0.2, 0.25) is 0 Å². The fourth-order valence-corrected chi connectivity index (χ4v) is 2.49. The number of fused-ring (bicyclic) bond motifs is 3. The Hall–Kier alpha value is -1.88. The van der Waals surface area contributed by atoms with Gasteiger partial charge in [-0.25, -0.2) is 4.98 Å². The summed E-state index contributed by atoms with van der Waals surface area (Å²) in [6.45, 7) is 0. The number of hydrogen-bond donors (Lipinski definition) is 2. The molecule has 74 valence electrons. The molecule has 4 nitrogen and oxygen atoms in total. The molecule has 0 amide bonds. The van der Waals surface area contributed by atoms with Crippen LogP contribution in [0.3, 0.4) is 0 Å². The van der Waals surface area contributed by atoms with Crippen LogP contribution in [0, 0.1) is 0 Å². The molecule has 2 aromatic heterocycles. The largest absolute Gasteiger partial charge is 0.398 e. The Morgan fingerprint density at radius 3 is 2.93 bits per heavy atom. The number of hydrogen-bond acceptors (Lipinski definition) is 5. The van der Waals surface area contributed by atoms with E-state index in [-0.39, 0.29) is 0 Å². The van der Waals surface area contributed by atoms with Gasteiger partial charge < -0.3 is 11.5 Å². The summed E-state index contributed by atoms with van der Waals surface area (Å²) in [5.41, 5.74) is 13.2.